The van der Waals surface area contributed by atoms with Crippen molar-refractivity contribution in [2.45, 2.75) is 39.5 Å². The van der Waals surface area contributed by atoms with Gasteiger partial charge in [-0.1, -0.05) is 49.7 Å². The molecule has 2 aromatic rings. The van der Waals surface area contributed by atoms with Crippen molar-refractivity contribution in [1.29, 1.82) is 0 Å². The number of halogens is 1. The van der Waals surface area contributed by atoms with Gasteiger partial charge in [-0.05, 0) is 48.6 Å². The predicted molar refractivity (Wildman–Crippen MR) is 110 cm³/mol. The average molecular weight is 385 g/mol. The maximum absolute atomic E-state index is 12.8. The van der Waals surface area contributed by atoms with E-state index in [0.29, 0.717) is 17.5 Å². The van der Waals surface area contributed by atoms with Crippen LogP contribution in [0.15, 0.2) is 42.5 Å². The number of nitrogens with zero attached hydrogens (tertiary/aromatic N) is 1. The van der Waals surface area contributed by atoms with E-state index in [1.54, 1.807) is 11.0 Å². The lowest BCUT2D eigenvalue weighted by molar-refractivity contribution is -0.122. The van der Waals surface area contributed by atoms with Gasteiger partial charge in [-0.2, -0.15) is 0 Å². The third kappa shape index (κ3) is 4.16. The summed E-state index contributed by atoms with van der Waals surface area (Å²) in [5.41, 5.74) is 3.66. The Labute approximate surface area is 165 Å². The topological polar surface area (TPSA) is 49.4 Å². The van der Waals surface area contributed by atoms with Gasteiger partial charge in [0.1, 0.15) is 0 Å². The lowest BCUT2D eigenvalue weighted by atomic mass is 9.96. The van der Waals surface area contributed by atoms with Gasteiger partial charge in [-0.15, -0.1) is 0 Å². The first kappa shape index (κ1) is 19.4. The van der Waals surface area contributed by atoms with E-state index in [2.05, 4.69) is 19.2 Å². The average Bonchev–Trinajstić information content (AvgIpc) is 3.05. The van der Waals surface area contributed by atoms with Crippen molar-refractivity contribution < 1.29 is 9.59 Å². The van der Waals surface area contributed by atoms with Crippen LogP contribution in [-0.2, 0) is 9.59 Å². The molecule has 0 saturated carbocycles. The van der Waals surface area contributed by atoms with Crippen LogP contribution in [0.25, 0.3) is 0 Å². The van der Waals surface area contributed by atoms with Gasteiger partial charge in [0.25, 0.3) is 0 Å². The van der Waals surface area contributed by atoms with Gasteiger partial charge in [-0.3, -0.25) is 9.59 Å². The second-order valence-electron chi connectivity index (χ2n) is 7.22. The summed E-state index contributed by atoms with van der Waals surface area (Å²) in [6.07, 6.45) is 1.21. The molecule has 27 heavy (non-hydrogen) atoms. The Morgan fingerprint density at radius 2 is 2.04 bits per heavy atom. The van der Waals surface area contributed by atoms with E-state index in [9.17, 15) is 9.59 Å². The fraction of sp³-hybridized carbons (Fsp3) is 0.364. The quantitative estimate of drug-likeness (QED) is 0.774. The third-order valence-corrected chi connectivity index (χ3v) is 5.73. The lowest BCUT2D eigenvalue weighted by Gasteiger charge is -2.19. The van der Waals surface area contributed by atoms with Crippen LogP contribution in [-0.4, -0.2) is 18.4 Å². The molecule has 0 bridgehead atoms. The SMILES string of the molecule is CC[C@H](C)c1ccccc1NC(=O)[C@@H]1CC(=O)N(c2ccc(C)c(Cl)c2)C1. The van der Waals surface area contributed by atoms with Crippen molar-refractivity contribution in [3.8, 4) is 0 Å². The van der Waals surface area contributed by atoms with Gasteiger partial charge in [0.05, 0.1) is 5.92 Å². The molecule has 0 aromatic heterocycles. The Morgan fingerprint density at radius 1 is 1.30 bits per heavy atom. The van der Waals surface area contributed by atoms with Crippen LogP contribution in [0.3, 0.4) is 0 Å². The summed E-state index contributed by atoms with van der Waals surface area (Å²) in [6, 6.07) is 13.4. The molecule has 0 radical (unpaired) electrons. The highest BCUT2D eigenvalue weighted by molar-refractivity contribution is 6.31. The molecule has 2 aromatic carbocycles. The molecule has 3 rings (SSSR count). The Kier molecular flexibility index (Phi) is 5.85. The van der Waals surface area contributed by atoms with Crippen LogP contribution in [0.5, 0.6) is 0 Å². The maximum atomic E-state index is 12.8. The molecule has 142 valence electrons. The predicted octanol–water partition coefficient (Wildman–Crippen LogP) is 5.15. The van der Waals surface area contributed by atoms with Gasteiger partial charge in [-0.25, -0.2) is 0 Å². The molecule has 1 aliphatic rings. The van der Waals surface area contributed by atoms with E-state index in [1.807, 2.05) is 43.3 Å². The van der Waals surface area contributed by atoms with Crippen LogP contribution in [0.2, 0.25) is 5.02 Å². The lowest BCUT2D eigenvalue weighted by Crippen LogP contribution is -2.28. The van der Waals surface area contributed by atoms with Crippen LogP contribution in [0, 0.1) is 12.8 Å². The zero-order chi connectivity index (χ0) is 19.6. The highest BCUT2D eigenvalue weighted by Gasteiger charge is 2.35. The maximum Gasteiger partial charge on any atom is 0.229 e. The Balaban J connectivity index is 1.74. The number of hydrogen-bond acceptors (Lipinski definition) is 2. The largest absolute Gasteiger partial charge is 0.326 e. The van der Waals surface area contributed by atoms with Gasteiger partial charge < -0.3 is 10.2 Å². The number of anilines is 2. The molecule has 0 unspecified atom stereocenters. The van der Waals surface area contributed by atoms with Crippen molar-refractivity contribution in [1.82, 2.24) is 0 Å². The summed E-state index contributed by atoms with van der Waals surface area (Å²) >= 11 is 6.19. The summed E-state index contributed by atoms with van der Waals surface area (Å²) in [5.74, 6) is -0.175. The summed E-state index contributed by atoms with van der Waals surface area (Å²) < 4.78 is 0. The molecule has 1 heterocycles. The van der Waals surface area contributed by atoms with Gasteiger partial charge >= 0.3 is 0 Å². The molecule has 1 N–H and O–H groups in total. The van der Waals surface area contributed by atoms with Crippen molar-refractivity contribution >= 4 is 34.8 Å². The number of para-hydroxylation sites is 1. The van der Waals surface area contributed by atoms with E-state index in [4.69, 9.17) is 11.6 Å². The van der Waals surface area contributed by atoms with Crippen LogP contribution in [0.4, 0.5) is 11.4 Å². The van der Waals surface area contributed by atoms with Crippen LogP contribution in [0.1, 0.15) is 43.7 Å². The molecule has 1 fully saturated rings. The van der Waals surface area contributed by atoms with E-state index >= 15 is 0 Å². The van der Waals surface area contributed by atoms with Crippen molar-refractivity contribution in [2.75, 3.05) is 16.8 Å². The molecular weight excluding hydrogens is 360 g/mol. The molecule has 0 aliphatic carbocycles. The second-order valence-corrected chi connectivity index (χ2v) is 7.63. The number of benzene rings is 2. The number of aryl methyl sites for hydroxylation is 1. The van der Waals surface area contributed by atoms with Gasteiger partial charge in [0.15, 0.2) is 0 Å². The van der Waals surface area contributed by atoms with Gasteiger partial charge in [0.2, 0.25) is 11.8 Å². The first-order chi connectivity index (χ1) is 12.9. The fourth-order valence-corrected chi connectivity index (χ4v) is 3.55. The molecule has 2 amide bonds. The smallest absolute Gasteiger partial charge is 0.229 e. The third-order valence-electron chi connectivity index (χ3n) is 5.32. The molecule has 1 aliphatic heterocycles. The Hall–Kier alpha value is -2.33. The first-order valence-corrected chi connectivity index (χ1v) is 9.74. The van der Waals surface area contributed by atoms with E-state index in [-0.39, 0.29) is 24.2 Å². The normalized spacial score (nSPS) is 17.9. The van der Waals surface area contributed by atoms with Crippen molar-refractivity contribution in [3.05, 3.63) is 58.6 Å². The number of carbonyl (C=O) groups excluding carboxylic acids is 2. The highest BCUT2D eigenvalue weighted by atomic mass is 35.5. The van der Waals surface area contributed by atoms with Crippen LogP contribution < -0.4 is 10.2 Å². The number of hydrogen-bond donors (Lipinski definition) is 1. The zero-order valence-corrected chi connectivity index (χ0v) is 16.7. The number of nitrogens with one attached hydrogen (secondary N) is 1. The number of carbonyl (C=O) groups is 2. The minimum absolute atomic E-state index is 0.0507. The van der Waals surface area contributed by atoms with Gasteiger partial charge in [0, 0.05) is 29.4 Å². The summed E-state index contributed by atoms with van der Waals surface area (Å²) in [4.78, 5) is 26.9. The summed E-state index contributed by atoms with van der Waals surface area (Å²) in [6.45, 7) is 6.56. The molecule has 1 saturated heterocycles. The minimum atomic E-state index is -0.373. The van der Waals surface area contributed by atoms with Crippen molar-refractivity contribution in [2.24, 2.45) is 5.92 Å². The summed E-state index contributed by atoms with van der Waals surface area (Å²) in [7, 11) is 0. The fourth-order valence-electron chi connectivity index (χ4n) is 3.38. The molecule has 0 spiro atoms. The monoisotopic (exact) mass is 384 g/mol. The van der Waals surface area contributed by atoms with Crippen LogP contribution >= 0.6 is 11.6 Å². The van der Waals surface area contributed by atoms with E-state index in [1.165, 1.54) is 0 Å². The second kappa shape index (κ2) is 8.13. The molecule has 4 nitrogen and oxygen atoms in total. The minimum Gasteiger partial charge on any atom is -0.326 e. The zero-order valence-electron chi connectivity index (χ0n) is 16.0. The van der Waals surface area contributed by atoms with Crippen molar-refractivity contribution in [3.63, 3.8) is 0 Å². The molecule has 2 atom stereocenters. The number of rotatable bonds is 5. The first-order valence-electron chi connectivity index (χ1n) is 9.37. The Bertz CT molecular complexity index is 865. The highest BCUT2D eigenvalue weighted by Crippen LogP contribution is 2.31. The van der Waals surface area contributed by atoms with E-state index in [0.717, 1.165) is 28.9 Å². The standard InChI is InChI=1S/C22H25ClN2O2/c1-4-14(2)18-7-5-6-8-20(18)24-22(27)16-11-21(26)25(13-16)17-10-9-15(3)19(23)12-17/h5-10,12,14,16H,4,11,13H2,1-3H3,(H,24,27)/t14-,16+/m0/s1. The Morgan fingerprint density at radius 3 is 2.74 bits per heavy atom. The molecule has 5 heteroatoms. The molecular formula is C22H25ClN2O2. The summed E-state index contributed by atoms with van der Waals surface area (Å²) in [5, 5.41) is 3.66. The van der Waals surface area contributed by atoms with E-state index < -0.39 is 0 Å². The number of amides is 2.